The van der Waals surface area contributed by atoms with E-state index in [1.165, 1.54) is 0 Å². The summed E-state index contributed by atoms with van der Waals surface area (Å²) in [4.78, 5) is 0. The first-order chi connectivity index (χ1) is 4.95. The largest absolute Gasteiger partial charge is 0.503 e. The van der Waals surface area contributed by atoms with Crippen LogP contribution in [-0.4, -0.2) is 5.11 Å². The molecule has 1 N–H and O–H groups in total. The molecule has 0 saturated carbocycles. The zero-order valence-corrected chi connectivity index (χ0v) is 6.49. The first-order valence-electron chi connectivity index (χ1n) is 3.03. The van der Waals surface area contributed by atoms with Crippen molar-refractivity contribution < 1.29 is 13.9 Å². The second kappa shape index (κ2) is 3.91. The molecule has 0 fully saturated rings. The zero-order chi connectivity index (χ0) is 9.02. The predicted octanol–water partition coefficient (Wildman–Crippen LogP) is 3.17. The monoisotopic (exact) mass is 160 g/mol. The molecule has 0 aromatic carbocycles. The molecule has 0 aliphatic rings. The highest BCUT2D eigenvalue weighted by Gasteiger charge is 2.04. The summed E-state index contributed by atoms with van der Waals surface area (Å²) in [5.74, 6) is -3.20. The van der Waals surface area contributed by atoms with E-state index >= 15 is 0 Å². The van der Waals surface area contributed by atoms with Gasteiger partial charge in [0.2, 0.25) is 0 Å². The summed E-state index contributed by atoms with van der Waals surface area (Å²) >= 11 is 0. The van der Waals surface area contributed by atoms with Crippen LogP contribution in [0.2, 0.25) is 0 Å². The second-order valence-electron chi connectivity index (χ2n) is 2.32. The Hall–Kier alpha value is -1.12. The molecule has 3 heteroatoms. The lowest BCUT2D eigenvalue weighted by molar-refractivity contribution is 0.367. The van der Waals surface area contributed by atoms with Crippen molar-refractivity contribution in [2.24, 2.45) is 0 Å². The highest BCUT2D eigenvalue weighted by Crippen LogP contribution is 2.14. The quantitative estimate of drug-likeness (QED) is 0.486. The average Bonchev–Trinajstić information content (AvgIpc) is 1.84. The Morgan fingerprint density at radius 1 is 1.36 bits per heavy atom. The molecule has 11 heavy (non-hydrogen) atoms. The topological polar surface area (TPSA) is 20.2 Å². The van der Waals surface area contributed by atoms with E-state index in [4.69, 9.17) is 5.11 Å². The number of allylic oxidation sites excluding steroid dienone is 4. The fraction of sp³-hybridized carbons (Fsp3) is 0.250. The third-order valence-corrected chi connectivity index (χ3v) is 0.899. The molecular weight excluding hydrogens is 150 g/mol. The summed E-state index contributed by atoms with van der Waals surface area (Å²) in [5, 5.41) is 8.63. The van der Waals surface area contributed by atoms with Gasteiger partial charge in [-0.3, -0.25) is 0 Å². The van der Waals surface area contributed by atoms with Gasteiger partial charge in [-0.05, 0) is 19.9 Å². The third-order valence-electron chi connectivity index (χ3n) is 0.899. The van der Waals surface area contributed by atoms with E-state index in [1.54, 1.807) is 13.8 Å². The van der Waals surface area contributed by atoms with Crippen LogP contribution in [-0.2, 0) is 0 Å². The van der Waals surface area contributed by atoms with E-state index in [9.17, 15) is 8.78 Å². The van der Waals surface area contributed by atoms with Crippen LogP contribution in [0.5, 0.6) is 0 Å². The Balaban J connectivity index is 4.68. The molecule has 0 aromatic rings. The standard InChI is InChI=1S/C8H10F2O/c1-5(2)4-7(10)8(11)6(3)9/h4,11H,3H2,1-2H3/b8-7-. The van der Waals surface area contributed by atoms with E-state index in [2.05, 4.69) is 6.58 Å². The summed E-state index contributed by atoms with van der Waals surface area (Å²) in [6, 6.07) is 0. The summed E-state index contributed by atoms with van der Waals surface area (Å²) in [5.41, 5.74) is 0.635. The average molecular weight is 160 g/mol. The Morgan fingerprint density at radius 2 is 1.82 bits per heavy atom. The maximum Gasteiger partial charge on any atom is 0.187 e. The molecule has 0 radical (unpaired) electrons. The lowest BCUT2D eigenvalue weighted by Gasteiger charge is -1.94. The van der Waals surface area contributed by atoms with Crippen molar-refractivity contribution in [3.8, 4) is 0 Å². The molecule has 0 atom stereocenters. The second-order valence-corrected chi connectivity index (χ2v) is 2.32. The highest BCUT2D eigenvalue weighted by atomic mass is 19.1. The molecule has 62 valence electrons. The van der Waals surface area contributed by atoms with Crippen molar-refractivity contribution in [3.63, 3.8) is 0 Å². The number of aliphatic hydroxyl groups is 1. The van der Waals surface area contributed by atoms with Crippen LogP contribution in [0.25, 0.3) is 0 Å². The molecule has 1 nitrogen and oxygen atoms in total. The Morgan fingerprint density at radius 3 is 2.09 bits per heavy atom. The maximum atomic E-state index is 12.6. The molecular formula is C8H10F2O. The van der Waals surface area contributed by atoms with Crippen LogP contribution >= 0.6 is 0 Å². The van der Waals surface area contributed by atoms with Gasteiger partial charge >= 0.3 is 0 Å². The first-order valence-corrected chi connectivity index (χ1v) is 3.03. The SMILES string of the molecule is C=C(F)/C(O)=C(/F)C=C(C)C. The van der Waals surface area contributed by atoms with Crippen molar-refractivity contribution in [3.05, 3.63) is 35.6 Å². The summed E-state index contributed by atoms with van der Waals surface area (Å²) in [6.07, 6.45) is 1.03. The normalized spacial score (nSPS) is 12.0. The molecule has 0 bridgehead atoms. The number of hydrogen-bond acceptors (Lipinski definition) is 1. The van der Waals surface area contributed by atoms with Crippen LogP contribution < -0.4 is 0 Å². The van der Waals surface area contributed by atoms with Gasteiger partial charge in [-0.2, -0.15) is 0 Å². The van der Waals surface area contributed by atoms with Crippen molar-refractivity contribution in [2.75, 3.05) is 0 Å². The minimum atomic E-state index is -1.17. The lowest BCUT2D eigenvalue weighted by Crippen LogP contribution is -1.83. The van der Waals surface area contributed by atoms with Gasteiger partial charge in [-0.15, -0.1) is 0 Å². The summed E-state index contributed by atoms with van der Waals surface area (Å²) in [6.45, 7) is 6.01. The first kappa shape index (κ1) is 9.88. The van der Waals surface area contributed by atoms with E-state index in [1.807, 2.05) is 0 Å². The molecule has 0 aromatic heterocycles. The van der Waals surface area contributed by atoms with Gasteiger partial charge < -0.3 is 5.11 Å². The fourth-order valence-electron chi connectivity index (χ4n) is 0.451. The Kier molecular flexibility index (Phi) is 3.51. The van der Waals surface area contributed by atoms with Crippen LogP contribution in [0.4, 0.5) is 8.78 Å². The van der Waals surface area contributed by atoms with Gasteiger partial charge in [-0.1, -0.05) is 12.2 Å². The zero-order valence-electron chi connectivity index (χ0n) is 6.49. The van der Waals surface area contributed by atoms with Crippen LogP contribution in [0, 0.1) is 0 Å². The van der Waals surface area contributed by atoms with E-state index in [0.717, 1.165) is 6.08 Å². The molecule has 0 saturated heterocycles. The van der Waals surface area contributed by atoms with Crippen LogP contribution in [0.1, 0.15) is 13.8 Å². The lowest BCUT2D eigenvalue weighted by atomic mass is 10.3. The number of hydrogen-bond donors (Lipinski definition) is 1. The Bertz CT molecular complexity index is 222. The van der Waals surface area contributed by atoms with Gasteiger partial charge in [0.25, 0.3) is 0 Å². The van der Waals surface area contributed by atoms with E-state index in [0.29, 0.717) is 5.57 Å². The van der Waals surface area contributed by atoms with Gasteiger partial charge in [0.05, 0.1) is 0 Å². The smallest absolute Gasteiger partial charge is 0.187 e. The molecule has 0 unspecified atom stereocenters. The van der Waals surface area contributed by atoms with Crippen molar-refractivity contribution in [1.82, 2.24) is 0 Å². The van der Waals surface area contributed by atoms with Crippen LogP contribution in [0.15, 0.2) is 35.6 Å². The predicted molar refractivity (Wildman–Crippen MR) is 40.4 cm³/mol. The Labute approximate surface area is 64.4 Å². The van der Waals surface area contributed by atoms with Crippen molar-refractivity contribution >= 4 is 0 Å². The molecule has 0 heterocycles. The summed E-state index contributed by atoms with van der Waals surface area (Å²) < 4.78 is 24.6. The molecule has 0 amide bonds. The molecule has 0 aliphatic heterocycles. The summed E-state index contributed by atoms with van der Waals surface area (Å²) in [7, 11) is 0. The van der Waals surface area contributed by atoms with E-state index in [-0.39, 0.29) is 0 Å². The van der Waals surface area contributed by atoms with Gasteiger partial charge in [-0.25, -0.2) is 8.78 Å². The number of aliphatic hydroxyl groups excluding tert-OH is 1. The van der Waals surface area contributed by atoms with Gasteiger partial charge in [0, 0.05) is 0 Å². The molecule has 0 rings (SSSR count). The number of halogens is 2. The third kappa shape index (κ3) is 3.55. The van der Waals surface area contributed by atoms with Crippen molar-refractivity contribution in [1.29, 1.82) is 0 Å². The van der Waals surface area contributed by atoms with Crippen molar-refractivity contribution in [2.45, 2.75) is 13.8 Å². The van der Waals surface area contributed by atoms with E-state index < -0.39 is 17.4 Å². The minimum Gasteiger partial charge on any atom is -0.503 e. The fourth-order valence-corrected chi connectivity index (χ4v) is 0.451. The van der Waals surface area contributed by atoms with Gasteiger partial charge in [0.1, 0.15) is 0 Å². The maximum absolute atomic E-state index is 12.6. The minimum absolute atomic E-state index is 0.635. The van der Waals surface area contributed by atoms with Crippen LogP contribution in [0.3, 0.4) is 0 Å². The molecule has 0 aliphatic carbocycles. The van der Waals surface area contributed by atoms with Gasteiger partial charge in [0.15, 0.2) is 17.4 Å². The highest BCUT2D eigenvalue weighted by molar-refractivity contribution is 5.27. The number of rotatable bonds is 2. The molecule has 0 spiro atoms.